The van der Waals surface area contributed by atoms with Gasteiger partial charge in [0, 0.05) is 9.85 Å². The number of amides is 1. The molecule has 1 amide bonds. The molecule has 2 aromatic carbocycles. The molecule has 3 heterocycles. The molecule has 2 aromatic heterocycles. The highest BCUT2D eigenvalue weighted by Crippen LogP contribution is 2.42. The molecule has 160 valence electrons. The lowest BCUT2D eigenvalue weighted by molar-refractivity contribution is 0.0600. The average molecular weight is 511 g/mol. The first-order chi connectivity index (χ1) is 15.4. The van der Waals surface area contributed by atoms with E-state index in [0.717, 1.165) is 10.2 Å². The third-order valence-electron chi connectivity index (χ3n) is 5.29. The van der Waals surface area contributed by atoms with Crippen molar-refractivity contribution in [1.82, 2.24) is 4.98 Å². The van der Waals surface area contributed by atoms with Crippen molar-refractivity contribution >= 4 is 55.2 Å². The van der Waals surface area contributed by atoms with Crippen LogP contribution in [0.5, 0.6) is 0 Å². The molecule has 0 N–H and O–H groups in total. The van der Waals surface area contributed by atoms with Gasteiger partial charge in [0.25, 0.3) is 5.91 Å². The van der Waals surface area contributed by atoms with Crippen molar-refractivity contribution in [2.45, 2.75) is 13.0 Å². The molecule has 5 rings (SSSR count). The predicted molar refractivity (Wildman–Crippen MR) is 123 cm³/mol. The first kappa shape index (κ1) is 20.6. The second kappa shape index (κ2) is 7.68. The summed E-state index contributed by atoms with van der Waals surface area (Å²) in [6.45, 7) is 1.84. The fraction of sp³-hybridized carbons (Fsp3) is 0.130. The summed E-state index contributed by atoms with van der Waals surface area (Å²) in [5.41, 5.74) is 2.09. The van der Waals surface area contributed by atoms with Crippen LogP contribution in [0.2, 0.25) is 0 Å². The van der Waals surface area contributed by atoms with Gasteiger partial charge in [-0.3, -0.25) is 14.5 Å². The second-order valence-corrected chi connectivity index (χ2v) is 9.03. The van der Waals surface area contributed by atoms with Crippen LogP contribution in [0.3, 0.4) is 0 Å². The number of halogens is 1. The Kier molecular flexibility index (Phi) is 4.94. The molecule has 32 heavy (non-hydrogen) atoms. The minimum atomic E-state index is -0.741. The van der Waals surface area contributed by atoms with E-state index in [1.807, 2.05) is 12.3 Å². The standard InChI is InChI=1S/C23H15BrN2O5S/c1-11-10-32-23(25-11)26-18(12-3-5-13(6-4-12)22(29)30-2)17-19(27)15-9-14(24)7-8-16(15)31-20(17)21(26)28/h3-10,18H,1-2H3/t18-/m0/s1. The van der Waals surface area contributed by atoms with E-state index in [0.29, 0.717) is 27.2 Å². The molecular formula is C23H15BrN2O5S. The molecule has 7 nitrogen and oxygen atoms in total. The summed E-state index contributed by atoms with van der Waals surface area (Å²) in [5, 5.41) is 2.68. The Bertz CT molecular complexity index is 1460. The molecule has 0 saturated carbocycles. The zero-order chi connectivity index (χ0) is 22.6. The lowest BCUT2D eigenvalue weighted by Gasteiger charge is -2.22. The number of benzene rings is 2. The third-order valence-corrected chi connectivity index (χ3v) is 6.74. The lowest BCUT2D eigenvalue weighted by Crippen LogP contribution is -2.29. The number of esters is 1. The van der Waals surface area contributed by atoms with Crippen molar-refractivity contribution in [2.75, 3.05) is 12.0 Å². The second-order valence-electron chi connectivity index (χ2n) is 7.28. The molecule has 9 heteroatoms. The zero-order valence-electron chi connectivity index (χ0n) is 16.9. The van der Waals surface area contributed by atoms with Crippen LogP contribution in [0.25, 0.3) is 11.0 Å². The van der Waals surface area contributed by atoms with E-state index in [2.05, 4.69) is 20.9 Å². The van der Waals surface area contributed by atoms with E-state index in [9.17, 15) is 14.4 Å². The monoisotopic (exact) mass is 510 g/mol. The van der Waals surface area contributed by atoms with Crippen molar-refractivity contribution in [3.05, 3.63) is 90.7 Å². The number of ether oxygens (including phenoxy) is 1. The number of methoxy groups -OCH3 is 1. The van der Waals surface area contributed by atoms with Crippen LogP contribution in [0, 0.1) is 6.92 Å². The SMILES string of the molecule is COC(=O)c1ccc([C@H]2c3c(oc4ccc(Br)cc4c3=O)C(=O)N2c2nc(C)cs2)cc1. The molecule has 0 radical (unpaired) electrons. The highest BCUT2D eigenvalue weighted by Gasteiger charge is 2.44. The Morgan fingerprint density at radius 2 is 1.94 bits per heavy atom. The van der Waals surface area contributed by atoms with Gasteiger partial charge in [0.15, 0.2) is 10.6 Å². The van der Waals surface area contributed by atoms with Gasteiger partial charge in [0.2, 0.25) is 5.76 Å². The molecule has 0 bridgehead atoms. The Morgan fingerprint density at radius 1 is 1.19 bits per heavy atom. The summed E-state index contributed by atoms with van der Waals surface area (Å²) in [4.78, 5) is 44.8. The number of fused-ring (bicyclic) bond motifs is 2. The first-order valence-corrected chi connectivity index (χ1v) is 11.3. The maximum absolute atomic E-state index is 13.6. The van der Waals surface area contributed by atoms with Crippen molar-refractivity contribution < 1.29 is 18.7 Å². The van der Waals surface area contributed by atoms with E-state index >= 15 is 0 Å². The summed E-state index contributed by atoms with van der Waals surface area (Å²) in [5.74, 6) is -0.903. The van der Waals surface area contributed by atoms with Gasteiger partial charge in [-0.25, -0.2) is 9.78 Å². The van der Waals surface area contributed by atoms with Gasteiger partial charge in [-0.1, -0.05) is 28.1 Å². The highest BCUT2D eigenvalue weighted by atomic mass is 79.9. The average Bonchev–Trinajstić information content (AvgIpc) is 3.35. The molecule has 0 saturated heterocycles. The quantitative estimate of drug-likeness (QED) is 0.365. The van der Waals surface area contributed by atoms with E-state index < -0.39 is 17.9 Å². The van der Waals surface area contributed by atoms with E-state index in [-0.39, 0.29) is 16.8 Å². The fourth-order valence-electron chi connectivity index (χ4n) is 3.83. The van der Waals surface area contributed by atoms with Gasteiger partial charge in [0.05, 0.1) is 35.4 Å². The topological polar surface area (TPSA) is 89.7 Å². The summed E-state index contributed by atoms with van der Waals surface area (Å²) in [6.07, 6.45) is 0. The van der Waals surface area contributed by atoms with Gasteiger partial charge in [0.1, 0.15) is 5.58 Å². The normalized spacial score (nSPS) is 15.3. The number of hydrogen-bond donors (Lipinski definition) is 0. The Morgan fingerprint density at radius 3 is 2.59 bits per heavy atom. The van der Waals surface area contributed by atoms with Crippen LogP contribution in [0.15, 0.2) is 61.5 Å². The predicted octanol–water partition coefficient (Wildman–Crippen LogP) is 4.86. The molecular weight excluding hydrogens is 496 g/mol. The summed E-state index contributed by atoms with van der Waals surface area (Å²) in [7, 11) is 1.31. The molecule has 1 aliphatic rings. The van der Waals surface area contributed by atoms with Crippen LogP contribution in [0.4, 0.5) is 5.13 Å². The van der Waals surface area contributed by atoms with Gasteiger partial charge < -0.3 is 9.15 Å². The number of carbonyl (C=O) groups excluding carboxylic acids is 2. The molecule has 0 unspecified atom stereocenters. The minimum absolute atomic E-state index is 0.000259. The summed E-state index contributed by atoms with van der Waals surface area (Å²) < 4.78 is 11.4. The molecule has 4 aromatic rings. The van der Waals surface area contributed by atoms with Crippen molar-refractivity contribution in [3.63, 3.8) is 0 Å². The van der Waals surface area contributed by atoms with E-state index in [1.165, 1.54) is 23.3 Å². The summed E-state index contributed by atoms with van der Waals surface area (Å²) in [6, 6.07) is 11.0. The fourth-order valence-corrected chi connectivity index (χ4v) is 5.02. The largest absolute Gasteiger partial charge is 0.465 e. The molecule has 0 fully saturated rings. The third kappa shape index (κ3) is 3.16. The zero-order valence-corrected chi connectivity index (χ0v) is 19.3. The number of rotatable bonds is 3. The van der Waals surface area contributed by atoms with Crippen LogP contribution in [-0.2, 0) is 4.74 Å². The van der Waals surface area contributed by atoms with Crippen molar-refractivity contribution in [2.24, 2.45) is 0 Å². The van der Waals surface area contributed by atoms with Gasteiger partial charge in [-0.2, -0.15) is 0 Å². The number of aryl methyl sites for hydroxylation is 1. The van der Waals surface area contributed by atoms with Gasteiger partial charge >= 0.3 is 5.97 Å². The molecule has 1 aliphatic heterocycles. The number of nitrogens with zero attached hydrogens (tertiary/aromatic N) is 2. The Hall–Kier alpha value is -3.30. The maximum Gasteiger partial charge on any atom is 0.337 e. The van der Waals surface area contributed by atoms with Crippen molar-refractivity contribution in [3.8, 4) is 0 Å². The number of anilines is 1. The molecule has 1 atom stereocenters. The number of hydrogen-bond acceptors (Lipinski definition) is 7. The number of aromatic nitrogens is 1. The van der Waals surface area contributed by atoms with Gasteiger partial charge in [-0.05, 0) is 42.8 Å². The van der Waals surface area contributed by atoms with Crippen LogP contribution < -0.4 is 10.3 Å². The molecule has 0 spiro atoms. The smallest absolute Gasteiger partial charge is 0.337 e. The summed E-state index contributed by atoms with van der Waals surface area (Å²) >= 11 is 4.70. The van der Waals surface area contributed by atoms with Crippen LogP contribution in [0.1, 0.15) is 43.8 Å². The van der Waals surface area contributed by atoms with Crippen molar-refractivity contribution in [1.29, 1.82) is 0 Å². The Balaban J connectivity index is 1.76. The highest BCUT2D eigenvalue weighted by molar-refractivity contribution is 9.10. The molecule has 0 aliphatic carbocycles. The van der Waals surface area contributed by atoms with Gasteiger partial charge in [-0.15, -0.1) is 11.3 Å². The van der Waals surface area contributed by atoms with Crippen LogP contribution in [-0.4, -0.2) is 24.0 Å². The van der Waals surface area contributed by atoms with E-state index in [4.69, 9.17) is 9.15 Å². The first-order valence-electron chi connectivity index (χ1n) is 9.59. The number of thiazole rings is 1. The van der Waals surface area contributed by atoms with E-state index in [1.54, 1.807) is 42.5 Å². The lowest BCUT2D eigenvalue weighted by atomic mass is 9.98. The maximum atomic E-state index is 13.6. The Labute approximate surface area is 194 Å². The van der Waals surface area contributed by atoms with Crippen LogP contribution >= 0.6 is 27.3 Å². The minimum Gasteiger partial charge on any atom is -0.465 e. The number of carbonyl (C=O) groups is 2.